The van der Waals surface area contributed by atoms with Gasteiger partial charge in [-0.15, -0.1) is 0 Å². The highest BCUT2D eigenvalue weighted by molar-refractivity contribution is 7.94. The SMILES string of the molecule is Cc1cc2n(c1C(=O)NCc1ccc(Cl)cc1)CCN(CC1(S(=O)(=O)C(C)(C)[C@@H](O)CO)CC1)C2=O. The second kappa shape index (κ2) is 9.48. The molecule has 1 aromatic carbocycles. The molecule has 0 saturated heterocycles. The molecule has 0 unspecified atom stereocenters. The van der Waals surface area contributed by atoms with Crippen molar-refractivity contribution in [2.75, 3.05) is 19.7 Å². The fourth-order valence-electron chi connectivity index (χ4n) is 4.86. The molecule has 11 heteroatoms. The Hall–Kier alpha value is -2.40. The number of hydrogen-bond acceptors (Lipinski definition) is 6. The van der Waals surface area contributed by atoms with Gasteiger partial charge in [0.1, 0.15) is 11.4 Å². The Labute approximate surface area is 216 Å². The van der Waals surface area contributed by atoms with Crippen molar-refractivity contribution in [3.63, 3.8) is 0 Å². The molecule has 0 spiro atoms. The van der Waals surface area contributed by atoms with Crippen LogP contribution in [0, 0.1) is 6.92 Å². The summed E-state index contributed by atoms with van der Waals surface area (Å²) >= 11 is 5.91. The molecule has 1 fully saturated rings. The molecule has 2 heterocycles. The van der Waals surface area contributed by atoms with E-state index >= 15 is 0 Å². The molecule has 2 amide bonds. The molecular formula is C25H32ClN3O6S. The van der Waals surface area contributed by atoms with Crippen molar-refractivity contribution in [3.05, 3.63) is 57.9 Å². The summed E-state index contributed by atoms with van der Waals surface area (Å²) in [6.45, 7) is 4.86. The van der Waals surface area contributed by atoms with Gasteiger partial charge in [-0.25, -0.2) is 8.42 Å². The van der Waals surface area contributed by atoms with Crippen molar-refractivity contribution < 1.29 is 28.2 Å². The van der Waals surface area contributed by atoms with E-state index in [0.717, 1.165) is 5.56 Å². The van der Waals surface area contributed by atoms with Gasteiger partial charge in [-0.3, -0.25) is 9.59 Å². The molecule has 3 N–H and O–H groups in total. The van der Waals surface area contributed by atoms with Gasteiger partial charge < -0.3 is 25.0 Å². The fraction of sp³-hybridized carbons (Fsp3) is 0.520. The summed E-state index contributed by atoms with van der Waals surface area (Å²) in [5, 5.41) is 23.0. The molecule has 4 rings (SSSR count). The maximum Gasteiger partial charge on any atom is 0.270 e. The fourth-order valence-corrected chi connectivity index (χ4v) is 7.50. The van der Waals surface area contributed by atoms with Gasteiger partial charge in [-0.2, -0.15) is 0 Å². The second-order valence-electron chi connectivity index (χ2n) is 10.2. The van der Waals surface area contributed by atoms with Crippen molar-refractivity contribution >= 4 is 33.3 Å². The van der Waals surface area contributed by atoms with Gasteiger partial charge >= 0.3 is 0 Å². The molecule has 0 bridgehead atoms. The lowest BCUT2D eigenvalue weighted by Gasteiger charge is -2.37. The van der Waals surface area contributed by atoms with E-state index in [1.54, 1.807) is 29.7 Å². The largest absolute Gasteiger partial charge is 0.394 e. The van der Waals surface area contributed by atoms with E-state index in [2.05, 4.69) is 5.32 Å². The molecule has 1 aliphatic carbocycles. The zero-order valence-electron chi connectivity index (χ0n) is 20.6. The van der Waals surface area contributed by atoms with Crippen LogP contribution >= 0.6 is 11.6 Å². The topological polar surface area (TPSA) is 129 Å². The van der Waals surface area contributed by atoms with Crippen LogP contribution in [0.15, 0.2) is 30.3 Å². The number of nitrogens with one attached hydrogen (secondary N) is 1. The van der Waals surface area contributed by atoms with Gasteiger partial charge in [0.2, 0.25) is 0 Å². The number of rotatable bonds is 9. The highest BCUT2D eigenvalue weighted by Crippen LogP contribution is 2.50. The smallest absolute Gasteiger partial charge is 0.270 e. The number of fused-ring (bicyclic) bond motifs is 1. The Bertz CT molecular complexity index is 1280. The van der Waals surface area contributed by atoms with Crippen LogP contribution in [0.3, 0.4) is 0 Å². The van der Waals surface area contributed by atoms with E-state index < -0.39 is 32.0 Å². The Morgan fingerprint density at radius 1 is 1.22 bits per heavy atom. The number of hydrogen-bond donors (Lipinski definition) is 3. The highest BCUT2D eigenvalue weighted by Gasteiger charge is 2.62. The minimum absolute atomic E-state index is 0.0120. The van der Waals surface area contributed by atoms with Crippen LogP contribution in [-0.4, -0.2) is 75.2 Å². The van der Waals surface area contributed by atoms with E-state index in [4.69, 9.17) is 11.6 Å². The lowest BCUT2D eigenvalue weighted by atomic mass is 10.1. The molecule has 36 heavy (non-hydrogen) atoms. The zero-order valence-corrected chi connectivity index (χ0v) is 22.2. The van der Waals surface area contributed by atoms with E-state index in [1.165, 1.54) is 18.7 Å². The molecule has 2 aromatic rings. The average Bonchev–Trinajstić information content (AvgIpc) is 3.55. The van der Waals surface area contributed by atoms with Crippen LogP contribution in [0.2, 0.25) is 5.02 Å². The standard InChI is InChI=1S/C25H32ClN3O6S/c1-16-12-19-23(33)28(15-25(8-9-25)36(34,35)24(2,3)20(31)14-30)10-11-29(19)21(16)22(32)27-13-17-4-6-18(26)7-5-17/h4-7,12,20,30-31H,8-11,13-15H2,1-3H3,(H,27,32)/t20-/m0/s1. The van der Waals surface area contributed by atoms with Crippen molar-refractivity contribution in [1.29, 1.82) is 0 Å². The number of benzene rings is 1. The summed E-state index contributed by atoms with van der Waals surface area (Å²) in [5.74, 6) is -0.626. The first-order valence-corrected chi connectivity index (χ1v) is 13.8. The summed E-state index contributed by atoms with van der Waals surface area (Å²) < 4.78 is 25.9. The van der Waals surface area contributed by atoms with Crippen LogP contribution < -0.4 is 5.32 Å². The third kappa shape index (κ3) is 4.44. The van der Waals surface area contributed by atoms with E-state index in [0.29, 0.717) is 47.9 Å². The van der Waals surface area contributed by atoms with E-state index in [1.807, 2.05) is 12.1 Å². The molecular weight excluding hydrogens is 506 g/mol. The first kappa shape index (κ1) is 26.7. The molecule has 2 aliphatic rings. The van der Waals surface area contributed by atoms with Gasteiger partial charge in [-0.1, -0.05) is 23.7 Å². The summed E-state index contributed by atoms with van der Waals surface area (Å²) in [6.07, 6.45) is -0.649. The first-order chi connectivity index (χ1) is 16.8. The minimum Gasteiger partial charge on any atom is -0.394 e. The summed E-state index contributed by atoms with van der Waals surface area (Å²) in [7, 11) is -3.87. The van der Waals surface area contributed by atoms with Gasteiger partial charge in [0.05, 0.1) is 22.2 Å². The van der Waals surface area contributed by atoms with Crippen LogP contribution in [-0.2, 0) is 22.9 Å². The Kier molecular flexibility index (Phi) is 7.02. The lowest BCUT2D eigenvalue weighted by molar-refractivity contribution is 0.0665. The summed E-state index contributed by atoms with van der Waals surface area (Å²) in [4.78, 5) is 27.9. The van der Waals surface area contributed by atoms with Crippen molar-refractivity contribution in [3.8, 4) is 0 Å². The Morgan fingerprint density at radius 3 is 2.44 bits per heavy atom. The Morgan fingerprint density at radius 2 is 1.86 bits per heavy atom. The molecule has 1 saturated carbocycles. The first-order valence-electron chi connectivity index (χ1n) is 11.9. The number of aliphatic hydroxyl groups is 2. The molecule has 196 valence electrons. The molecule has 1 aromatic heterocycles. The van der Waals surface area contributed by atoms with E-state index in [9.17, 15) is 28.2 Å². The number of carbonyl (C=O) groups excluding carboxylic acids is 2. The van der Waals surface area contributed by atoms with Crippen molar-refractivity contribution in [1.82, 2.24) is 14.8 Å². The van der Waals surface area contributed by atoms with Crippen molar-refractivity contribution in [2.45, 2.75) is 62.3 Å². The maximum absolute atomic E-state index is 13.4. The number of sulfone groups is 1. The monoisotopic (exact) mass is 537 g/mol. The van der Waals surface area contributed by atoms with Gasteiger partial charge in [0.15, 0.2) is 9.84 Å². The minimum atomic E-state index is -3.87. The number of halogens is 1. The molecule has 9 nitrogen and oxygen atoms in total. The number of amides is 2. The van der Waals surface area contributed by atoms with Crippen LogP contribution in [0.4, 0.5) is 0 Å². The number of aryl methyl sites for hydroxylation is 1. The number of aromatic nitrogens is 1. The van der Waals surface area contributed by atoms with Crippen LogP contribution in [0.5, 0.6) is 0 Å². The number of nitrogens with zero attached hydrogens (tertiary/aromatic N) is 2. The Balaban J connectivity index is 1.51. The predicted octanol–water partition coefficient (Wildman–Crippen LogP) is 1.91. The third-order valence-corrected chi connectivity index (χ3v) is 11.1. The zero-order chi connectivity index (χ0) is 26.5. The normalized spacial score (nSPS) is 18.1. The van der Waals surface area contributed by atoms with Crippen molar-refractivity contribution in [2.24, 2.45) is 0 Å². The van der Waals surface area contributed by atoms with Crippen LogP contribution in [0.25, 0.3) is 0 Å². The van der Waals surface area contributed by atoms with Gasteiger partial charge in [0.25, 0.3) is 11.8 Å². The lowest BCUT2D eigenvalue weighted by Crippen LogP contribution is -2.55. The highest BCUT2D eigenvalue weighted by atomic mass is 35.5. The van der Waals surface area contributed by atoms with Gasteiger partial charge in [0, 0.05) is 31.2 Å². The molecule has 1 atom stereocenters. The number of aliphatic hydroxyl groups excluding tert-OH is 2. The van der Waals surface area contributed by atoms with Gasteiger partial charge in [-0.05, 0) is 62.9 Å². The molecule has 0 radical (unpaired) electrons. The predicted molar refractivity (Wildman–Crippen MR) is 136 cm³/mol. The summed E-state index contributed by atoms with van der Waals surface area (Å²) in [6, 6.07) is 8.82. The maximum atomic E-state index is 13.4. The molecule has 1 aliphatic heterocycles. The third-order valence-electron chi connectivity index (χ3n) is 7.49. The average molecular weight is 538 g/mol. The van der Waals surface area contributed by atoms with Crippen LogP contribution in [0.1, 0.15) is 58.8 Å². The van der Waals surface area contributed by atoms with E-state index in [-0.39, 0.29) is 24.9 Å². The second-order valence-corrected chi connectivity index (χ2v) is 13.6. The number of carbonyl (C=O) groups is 2. The quantitative estimate of drug-likeness (QED) is 0.448. The summed E-state index contributed by atoms with van der Waals surface area (Å²) in [5.41, 5.74) is 2.31.